The summed E-state index contributed by atoms with van der Waals surface area (Å²) >= 11 is 0. The van der Waals surface area contributed by atoms with Gasteiger partial charge in [-0.1, -0.05) is 60.7 Å². The van der Waals surface area contributed by atoms with Crippen LogP contribution >= 0.6 is 0 Å². The summed E-state index contributed by atoms with van der Waals surface area (Å²) in [4.78, 5) is 44.2. The second-order valence-electron chi connectivity index (χ2n) is 18.0. The first-order chi connectivity index (χ1) is 32.7. The van der Waals surface area contributed by atoms with Crippen molar-refractivity contribution < 1.29 is 63.9 Å². The topological polar surface area (TPSA) is 206 Å². The zero-order chi connectivity index (χ0) is 49.7. The van der Waals surface area contributed by atoms with Gasteiger partial charge in [0.2, 0.25) is 5.69 Å². The Morgan fingerprint density at radius 3 is 2.33 bits per heavy atom. The number of amides is 2. The molecular formula is C51H58N3O13S2+. The molecule has 1 saturated heterocycles. The SMILES string of the molecule is COCCOCCN1c2cc3c(cc2C(C)=CC1(C)C)/C(=C/C=C/C=C/C1=[N+](CCCS(=O)(=O)O)c2ccc(S(=O)(=O)O)cc2C1(C)CCCC(=O)ON1C(=O)CCC1=O)C=C(c1ccccc1)O3. The van der Waals surface area contributed by atoms with Crippen molar-refractivity contribution in [2.45, 2.75) is 82.1 Å². The highest BCUT2D eigenvalue weighted by Crippen LogP contribution is 2.47. The number of benzene rings is 3. The molecule has 3 aromatic carbocycles. The third-order valence-electron chi connectivity index (χ3n) is 12.6. The largest absolute Gasteiger partial charge is 0.456 e. The molecule has 7 rings (SSSR count). The van der Waals surface area contributed by atoms with Crippen LogP contribution in [-0.4, -0.2) is 110 Å². The molecule has 69 heavy (non-hydrogen) atoms. The molecule has 0 spiro atoms. The maximum absolute atomic E-state index is 12.9. The van der Waals surface area contributed by atoms with Crippen LogP contribution in [0.2, 0.25) is 0 Å². The molecule has 0 aliphatic carbocycles. The van der Waals surface area contributed by atoms with Crippen molar-refractivity contribution in [1.29, 1.82) is 0 Å². The van der Waals surface area contributed by atoms with Crippen LogP contribution in [0.3, 0.4) is 0 Å². The maximum atomic E-state index is 12.9. The fraction of sp³-hybridized carbons (Fsp3) is 0.373. The summed E-state index contributed by atoms with van der Waals surface area (Å²) < 4.78 is 87.7. The summed E-state index contributed by atoms with van der Waals surface area (Å²) in [5.41, 5.74) is 6.17. The molecule has 0 aromatic heterocycles. The minimum absolute atomic E-state index is 0.00521. The van der Waals surface area contributed by atoms with E-state index in [4.69, 9.17) is 19.0 Å². The summed E-state index contributed by atoms with van der Waals surface area (Å²) in [5, 5.41) is 0.479. The summed E-state index contributed by atoms with van der Waals surface area (Å²) in [6.07, 6.45) is 13.6. The molecular weight excluding hydrogens is 927 g/mol. The predicted octanol–water partition coefficient (Wildman–Crippen LogP) is 7.64. The van der Waals surface area contributed by atoms with Crippen LogP contribution < -0.4 is 9.64 Å². The van der Waals surface area contributed by atoms with Gasteiger partial charge in [-0.25, -0.2) is 4.79 Å². The lowest BCUT2D eigenvalue weighted by Crippen LogP contribution is -2.46. The Labute approximate surface area is 403 Å². The molecule has 4 aliphatic heterocycles. The monoisotopic (exact) mass is 984 g/mol. The number of hydroxylamine groups is 2. The number of carbonyl (C=O) groups excluding carboxylic acids is 3. The van der Waals surface area contributed by atoms with Gasteiger partial charge in [-0.2, -0.15) is 21.4 Å². The van der Waals surface area contributed by atoms with Gasteiger partial charge in [-0.3, -0.25) is 18.7 Å². The van der Waals surface area contributed by atoms with Crippen molar-refractivity contribution in [3.05, 3.63) is 125 Å². The van der Waals surface area contributed by atoms with E-state index in [0.29, 0.717) is 59.9 Å². The van der Waals surface area contributed by atoms with Crippen molar-refractivity contribution in [2.75, 3.05) is 50.7 Å². The van der Waals surface area contributed by atoms with E-state index in [0.717, 1.165) is 33.5 Å². The molecule has 1 unspecified atom stereocenters. The highest BCUT2D eigenvalue weighted by molar-refractivity contribution is 7.86. The summed E-state index contributed by atoms with van der Waals surface area (Å²) in [5.74, 6) is -1.22. The standard InChI is InChI=1S/C51H57N3O13S2/c1-35-34-50(2,3)53(25-26-65-28-27-64-5)43-33-45-40(32-39(35)43)37(30-44(66-45)36-14-8-6-9-15-36)16-10-7-11-17-46-51(4,23-12-18-49(57)67-54-47(55)21-22-48(54)56)41-31-38(69(61,62)63)19-20-42(41)52(46)24-13-29-68(58,59)60/h6-11,14-17,19-20,30-34H,12-13,18,21-29H2,1-5H3,(H-,58,59,60,61,62,63)/p+1. The number of imide groups is 1. The van der Waals surface area contributed by atoms with E-state index in [1.165, 1.54) is 18.2 Å². The van der Waals surface area contributed by atoms with Crippen molar-refractivity contribution >= 4 is 72.0 Å². The van der Waals surface area contributed by atoms with Crippen molar-refractivity contribution in [3.8, 4) is 5.75 Å². The van der Waals surface area contributed by atoms with Gasteiger partial charge in [0, 0.05) is 85.5 Å². The molecule has 0 saturated carbocycles. The third-order valence-corrected chi connectivity index (χ3v) is 14.3. The number of allylic oxidation sites excluding steroid dienone is 8. The van der Waals surface area contributed by atoms with Crippen molar-refractivity contribution in [3.63, 3.8) is 0 Å². The van der Waals surface area contributed by atoms with E-state index in [-0.39, 0.29) is 55.5 Å². The maximum Gasteiger partial charge on any atom is 0.333 e. The second-order valence-corrected chi connectivity index (χ2v) is 21.0. The minimum Gasteiger partial charge on any atom is -0.456 e. The van der Waals surface area contributed by atoms with Crippen molar-refractivity contribution in [1.82, 2.24) is 5.06 Å². The van der Waals surface area contributed by atoms with E-state index in [1.807, 2.05) is 72.2 Å². The Hall–Kier alpha value is -6.02. The number of ether oxygens (including phenoxy) is 3. The molecule has 3 aromatic rings. The molecule has 18 heteroatoms. The quantitative estimate of drug-likeness (QED) is 0.0367. The molecule has 2 amide bonds. The predicted molar refractivity (Wildman–Crippen MR) is 261 cm³/mol. The molecule has 1 atom stereocenters. The Morgan fingerprint density at radius 2 is 1.64 bits per heavy atom. The van der Waals surface area contributed by atoms with Gasteiger partial charge in [0.1, 0.15) is 18.1 Å². The average Bonchev–Trinajstić information content (AvgIpc) is 3.72. The lowest BCUT2D eigenvalue weighted by atomic mass is 9.75. The zero-order valence-electron chi connectivity index (χ0n) is 39.3. The highest BCUT2D eigenvalue weighted by Gasteiger charge is 2.48. The van der Waals surface area contributed by atoms with Gasteiger partial charge in [0.25, 0.3) is 32.1 Å². The highest BCUT2D eigenvalue weighted by atomic mass is 32.2. The number of hydrogen-bond acceptors (Lipinski definition) is 12. The number of nitrogens with zero attached hydrogens (tertiary/aromatic N) is 3. The Morgan fingerprint density at radius 1 is 0.899 bits per heavy atom. The van der Waals surface area contributed by atoms with Gasteiger partial charge < -0.3 is 23.9 Å². The van der Waals surface area contributed by atoms with Crippen LogP contribution in [0.1, 0.15) is 88.5 Å². The fourth-order valence-electron chi connectivity index (χ4n) is 9.34. The Balaban J connectivity index is 1.24. The Kier molecular flexibility index (Phi) is 15.4. The van der Waals surface area contributed by atoms with E-state index in [1.54, 1.807) is 13.2 Å². The molecule has 4 aliphatic rings. The Bertz CT molecular complexity index is 2920. The smallest absolute Gasteiger partial charge is 0.333 e. The van der Waals surface area contributed by atoms with Gasteiger partial charge in [-0.05, 0) is 76.0 Å². The van der Waals surface area contributed by atoms with E-state index in [2.05, 4.69) is 43.9 Å². The fourth-order valence-corrected chi connectivity index (χ4v) is 10.3. The van der Waals surface area contributed by atoms with E-state index < -0.39 is 49.2 Å². The summed E-state index contributed by atoms with van der Waals surface area (Å²) in [6, 6.07) is 18.2. The molecule has 1 fully saturated rings. The first kappa shape index (κ1) is 50.8. The molecule has 366 valence electrons. The van der Waals surface area contributed by atoms with E-state index >= 15 is 0 Å². The lowest BCUT2D eigenvalue weighted by molar-refractivity contribution is -0.437. The van der Waals surface area contributed by atoms with Crippen molar-refractivity contribution in [2.24, 2.45) is 0 Å². The molecule has 0 bridgehead atoms. The van der Waals surface area contributed by atoms with Crippen LogP contribution in [-0.2, 0) is 54.3 Å². The average molecular weight is 985 g/mol. The third kappa shape index (κ3) is 11.7. The zero-order valence-corrected chi connectivity index (χ0v) is 41.0. The minimum atomic E-state index is -4.65. The summed E-state index contributed by atoms with van der Waals surface area (Å²) in [6.45, 7) is 10.6. The van der Waals surface area contributed by atoms with Crippen LogP contribution in [0.25, 0.3) is 16.9 Å². The van der Waals surface area contributed by atoms with Crippen LogP contribution in [0.4, 0.5) is 11.4 Å². The number of rotatable bonds is 20. The molecule has 2 N–H and O–H groups in total. The normalized spacial score (nSPS) is 19.6. The van der Waals surface area contributed by atoms with Crippen LogP contribution in [0.5, 0.6) is 5.75 Å². The van der Waals surface area contributed by atoms with Gasteiger partial charge >= 0.3 is 5.97 Å². The number of hydrogen-bond donors (Lipinski definition) is 2. The molecule has 0 radical (unpaired) electrons. The number of methoxy groups -OCH3 is 1. The molecule has 4 heterocycles. The van der Waals surface area contributed by atoms with Gasteiger partial charge in [0.05, 0.1) is 41.4 Å². The lowest BCUT2D eigenvalue weighted by Gasteiger charge is -2.44. The number of anilines is 1. The molecule has 16 nitrogen and oxygen atoms in total. The second kappa shape index (κ2) is 20.9. The van der Waals surface area contributed by atoms with E-state index in [9.17, 15) is 40.3 Å². The van der Waals surface area contributed by atoms with Crippen LogP contribution in [0, 0.1) is 0 Å². The number of carbonyl (C=O) groups is 3. The number of fused-ring (bicyclic) bond motifs is 3. The van der Waals surface area contributed by atoms with Crippen LogP contribution in [0.15, 0.2) is 108 Å². The van der Waals surface area contributed by atoms with Gasteiger partial charge in [0.15, 0.2) is 5.71 Å². The van der Waals surface area contributed by atoms with Gasteiger partial charge in [-0.15, -0.1) is 5.06 Å². The first-order valence-electron chi connectivity index (χ1n) is 22.7. The summed E-state index contributed by atoms with van der Waals surface area (Å²) in [7, 11) is -7.33. The first-order valence-corrected chi connectivity index (χ1v) is 25.8.